The number of benzene rings is 1. The highest BCUT2D eigenvalue weighted by Crippen LogP contribution is 2.31. The van der Waals surface area contributed by atoms with Crippen LogP contribution in [-0.2, 0) is 16.1 Å². The Morgan fingerprint density at radius 1 is 1.27 bits per heavy atom. The van der Waals surface area contributed by atoms with Crippen molar-refractivity contribution in [3.63, 3.8) is 0 Å². The number of carbonyl (C=O) groups is 1. The molecule has 0 saturated carbocycles. The van der Waals surface area contributed by atoms with Gasteiger partial charge in [0.1, 0.15) is 16.4 Å². The number of aromatic nitrogens is 2. The first kappa shape index (κ1) is 18.1. The zero-order valence-corrected chi connectivity index (χ0v) is 15.8. The molecule has 0 aliphatic rings. The third-order valence-corrected chi connectivity index (χ3v) is 5.00. The summed E-state index contributed by atoms with van der Waals surface area (Å²) in [5.74, 6) is 1.03. The molecule has 0 aliphatic heterocycles. The first-order valence-electron chi connectivity index (χ1n) is 8.33. The van der Waals surface area contributed by atoms with Crippen molar-refractivity contribution in [3.8, 4) is 16.9 Å². The van der Waals surface area contributed by atoms with E-state index >= 15 is 0 Å². The smallest absolute Gasteiger partial charge is 0.307 e. The fourth-order valence-corrected chi connectivity index (χ4v) is 3.79. The van der Waals surface area contributed by atoms with E-state index in [9.17, 15) is 9.59 Å². The third-order valence-electron chi connectivity index (χ3n) is 4.13. The number of thiophene rings is 1. The van der Waals surface area contributed by atoms with Gasteiger partial charge in [-0.05, 0) is 31.5 Å². The maximum Gasteiger partial charge on any atom is 0.307 e. The second-order valence-corrected chi connectivity index (χ2v) is 6.59. The molecule has 1 aromatic carbocycles. The average Bonchev–Trinajstić information content (AvgIpc) is 3.05. The number of fused-ring (bicyclic) bond motifs is 1. The Kier molecular flexibility index (Phi) is 5.37. The molecule has 0 radical (unpaired) electrons. The van der Waals surface area contributed by atoms with E-state index in [-0.39, 0.29) is 24.5 Å². The fourth-order valence-electron chi connectivity index (χ4n) is 2.81. The number of nitrogens with zero attached hydrogens (tertiary/aromatic N) is 2. The number of esters is 1. The lowest BCUT2D eigenvalue weighted by Crippen LogP contribution is -2.25. The van der Waals surface area contributed by atoms with Crippen molar-refractivity contribution >= 4 is 27.5 Å². The number of rotatable bonds is 6. The summed E-state index contributed by atoms with van der Waals surface area (Å²) in [7, 11) is 1.61. The highest BCUT2D eigenvalue weighted by molar-refractivity contribution is 7.17. The summed E-state index contributed by atoms with van der Waals surface area (Å²) in [6, 6.07) is 7.56. The van der Waals surface area contributed by atoms with E-state index in [2.05, 4.69) is 4.98 Å². The van der Waals surface area contributed by atoms with E-state index in [1.54, 1.807) is 25.5 Å². The first-order chi connectivity index (χ1) is 12.5. The van der Waals surface area contributed by atoms with Gasteiger partial charge < -0.3 is 9.47 Å². The maximum absolute atomic E-state index is 13.1. The Balaban J connectivity index is 2.03. The minimum Gasteiger partial charge on any atom is -0.497 e. The zero-order valence-electron chi connectivity index (χ0n) is 14.9. The minimum absolute atomic E-state index is 0.135. The minimum atomic E-state index is -0.320. The van der Waals surface area contributed by atoms with Crippen LogP contribution in [-0.4, -0.2) is 29.2 Å². The normalized spacial score (nSPS) is 10.9. The highest BCUT2D eigenvalue weighted by Gasteiger charge is 2.16. The predicted octanol–water partition coefficient (Wildman–Crippen LogP) is 3.40. The lowest BCUT2D eigenvalue weighted by atomic mass is 10.1. The second kappa shape index (κ2) is 7.70. The Hall–Kier alpha value is -2.67. The fraction of sp³-hybridized carbons (Fsp3) is 0.316. The molecule has 26 heavy (non-hydrogen) atoms. The van der Waals surface area contributed by atoms with E-state index < -0.39 is 0 Å². The molecule has 0 spiro atoms. The van der Waals surface area contributed by atoms with Crippen LogP contribution in [0.3, 0.4) is 0 Å². The lowest BCUT2D eigenvalue weighted by molar-refractivity contribution is -0.143. The molecule has 0 N–H and O–H groups in total. The highest BCUT2D eigenvalue weighted by atomic mass is 32.1. The summed E-state index contributed by atoms with van der Waals surface area (Å²) in [6.45, 7) is 4.12. The average molecular weight is 372 g/mol. The van der Waals surface area contributed by atoms with Gasteiger partial charge in [0.25, 0.3) is 5.56 Å². The summed E-state index contributed by atoms with van der Waals surface area (Å²) in [5.41, 5.74) is 1.63. The van der Waals surface area contributed by atoms with Gasteiger partial charge >= 0.3 is 5.97 Å². The molecule has 0 aliphatic carbocycles. The molecule has 0 amide bonds. The van der Waals surface area contributed by atoms with Crippen LogP contribution in [0, 0.1) is 6.92 Å². The van der Waals surface area contributed by atoms with Crippen molar-refractivity contribution < 1.29 is 14.3 Å². The second-order valence-electron chi connectivity index (χ2n) is 5.73. The van der Waals surface area contributed by atoms with E-state index in [1.165, 1.54) is 11.3 Å². The third kappa shape index (κ3) is 3.48. The van der Waals surface area contributed by atoms with E-state index in [0.717, 1.165) is 16.9 Å². The predicted molar refractivity (Wildman–Crippen MR) is 102 cm³/mol. The molecule has 0 atom stereocenters. The van der Waals surface area contributed by atoms with Crippen LogP contribution in [0.4, 0.5) is 0 Å². The Morgan fingerprint density at radius 2 is 2.00 bits per heavy atom. The Morgan fingerprint density at radius 3 is 2.65 bits per heavy atom. The van der Waals surface area contributed by atoms with Gasteiger partial charge in [-0.3, -0.25) is 14.2 Å². The van der Waals surface area contributed by atoms with Gasteiger partial charge in [-0.25, -0.2) is 4.98 Å². The van der Waals surface area contributed by atoms with Crippen molar-refractivity contribution in [1.82, 2.24) is 9.55 Å². The Bertz CT molecular complexity index is 989. The van der Waals surface area contributed by atoms with Crippen molar-refractivity contribution in [2.45, 2.75) is 26.8 Å². The molecule has 136 valence electrons. The molecule has 0 bridgehead atoms. The monoisotopic (exact) mass is 372 g/mol. The molecule has 6 nitrogen and oxygen atoms in total. The largest absolute Gasteiger partial charge is 0.497 e. The van der Waals surface area contributed by atoms with Crippen LogP contribution in [0.2, 0.25) is 0 Å². The molecule has 0 fully saturated rings. The molecule has 0 unspecified atom stereocenters. The first-order valence-corrected chi connectivity index (χ1v) is 9.21. The van der Waals surface area contributed by atoms with Crippen LogP contribution >= 0.6 is 11.3 Å². The van der Waals surface area contributed by atoms with Crippen molar-refractivity contribution in [2.24, 2.45) is 0 Å². The molecule has 3 rings (SSSR count). The number of hydrogen-bond donors (Lipinski definition) is 0. The summed E-state index contributed by atoms with van der Waals surface area (Å²) in [6.07, 6.45) is 0.143. The summed E-state index contributed by atoms with van der Waals surface area (Å²) < 4.78 is 11.7. The summed E-state index contributed by atoms with van der Waals surface area (Å²) in [4.78, 5) is 29.9. The Labute approximate surface area is 155 Å². The molecule has 2 heterocycles. The van der Waals surface area contributed by atoms with Crippen LogP contribution < -0.4 is 10.3 Å². The van der Waals surface area contributed by atoms with Crippen LogP contribution in [0.5, 0.6) is 5.75 Å². The van der Waals surface area contributed by atoms with Crippen molar-refractivity contribution in [1.29, 1.82) is 0 Å². The number of hydrogen-bond acceptors (Lipinski definition) is 6. The molecule has 0 saturated heterocycles. The van der Waals surface area contributed by atoms with E-state index in [0.29, 0.717) is 22.6 Å². The molecule has 2 aromatic heterocycles. The van der Waals surface area contributed by atoms with E-state index in [1.807, 2.05) is 29.6 Å². The summed E-state index contributed by atoms with van der Waals surface area (Å²) in [5, 5.41) is 2.52. The van der Waals surface area contributed by atoms with Crippen LogP contribution in [0.25, 0.3) is 21.3 Å². The van der Waals surface area contributed by atoms with Crippen LogP contribution in [0.1, 0.15) is 19.2 Å². The molecule has 3 aromatic rings. The van der Waals surface area contributed by atoms with Gasteiger partial charge in [-0.15, -0.1) is 11.3 Å². The van der Waals surface area contributed by atoms with Gasteiger partial charge in [0.05, 0.1) is 25.5 Å². The van der Waals surface area contributed by atoms with Gasteiger partial charge in [0, 0.05) is 17.5 Å². The lowest BCUT2D eigenvalue weighted by Gasteiger charge is -2.10. The SMILES string of the molecule is CCOC(=O)CCn1c(C)nc2scc(-c3ccc(OC)cc3)c2c1=O. The number of methoxy groups -OCH3 is 1. The number of aryl methyl sites for hydroxylation is 1. The standard InChI is InChI=1S/C19H20N2O4S/c1-4-25-16(22)9-10-21-12(2)20-18-17(19(21)23)15(11-26-18)13-5-7-14(24-3)8-6-13/h5-8,11H,4,9-10H2,1-3H3. The topological polar surface area (TPSA) is 70.4 Å². The van der Waals surface area contributed by atoms with E-state index in [4.69, 9.17) is 9.47 Å². The van der Waals surface area contributed by atoms with Crippen molar-refractivity contribution in [2.75, 3.05) is 13.7 Å². The molecular formula is C19H20N2O4S. The summed E-state index contributed by atoms with van der Waals surface area (Å²) >= 11 is 1.44. The van der Waals surface area contributed by atoms with Crippen molar-refractivity contribution in [3.05, 3.63) is 45.8 Å². The number of carbonyl (C=O) groups excluding carboxylic acids is 1. The molecular weight excluding hydrogens is 352 g/mol. The van der Waals surface area contributed by atoms with Gasteiger partial charge in [0.15, 0.2) is 0 Å². The van der Waals surface area contributed by atoms with Gasteiger partial charge in [-0.2, -0.15) is 0 Å². The zero-order chi connectivity index (χ0) is 18.7. The van der Waals surface area contributed by atoms with Gasteiger partial charge in [-0.1, -0.05) is 12.1 Å². The maximum atomic E-state index is 13.1. The number of ether oxygens (including phenoxy) is 2. The molecule has 7 heteroatoms. The van der Waals surface area contributed by atoms with Gasteiger partial charge in [0.2, 0.25) is 0 Å². The van der Waals surface area contributed by atoms with Crippen LogP contribution in [0.15, 0.2) is 34.4 Å². The quantitative estimate of drug-likeness (QED) is 0.620.